The number of hydrogen-bond donors (Lipinski definition) is 2. The van der Waals surface area contributed by atoms with Gasteiger partial charge in [-0.3, -0.25) is 0 Å². The molecule has 2 aliphatic rings. The fourth-order valence-electron chi connectivity index (χ4n) is 1.28. The molecule has 0 aromatic carbocycles. The minimum atomic E-state index is 0.440. The standard InChI is InChI=1S/C8H10N2/c1-2-4-7-6-9-10-8(7)5-3-1/h1-3,5,7-10H,4H2. The zero-order valence-corrected chi connectivity index (χ0v) is 5.67. The van der Waals surface area contributed by atoms with Crippen molar-refractivity contribution in [3.05, 3.63) is 30.8 Å². The number of rotatable bonds is 0. The highest BCUT2D eigenvalue weighted by molar-refractivity contribution is 5.15. The molecule has 0 spiro atoms. The summed E-state index contributed by atoms with van der Waals surface area (Å²) >= 11 is 0. The van der Waals surface area contributed by atoms with E-state index in [4.69, 9.17) is 0 Å². The lowest BCUT2D eigenvalue weighted by molar-refractivity contribution is 0.552. The number of hydrogen-bond acceptors (Lipinski definition) is 2. The topological polar surface area (TPSA) is 24.1 Å². The first-order valence-electron chi connectivity index (χ1n) is 3.56. The van der Waals surface area contributed by atoms with Crippen LogP contribution in [0, 0.1) is 12.5 Å². The molecule has 2 radical (unpaired) electrons. The maximum Gasteiger partial charge on any atom is 0.0807 e. The molecule has 2 nitrogen and oxygen atoms in total. The van der Waals surface area contributed by atoms with Crippen molar-refractivity contribution in [2.24, 2.45) is 5.92 Å². The highest BCUT2D eigenvalue weighted by Crippen LogP contribution is 2.19. The van der Waals surface area contributed by atoms with Crippen molar-refractivity contribution in [1.29, 1.82) is 0 Å². The van der Waals surface area contributed by atoms with Crippen molar-refractivity contribution >= 4 is 0 Å². The summed E-state index contributed by atoms with van der Waals surface area (Å²) in [5.74, 6) is 0.509. The van der Waals surface area contributed by atoms with Crippen molar-refractivity contribution in [2.45, 2.75) is 12.5 Å². The lowest BCUT2D eigenvalue weighted by Crippen LogP contribution is -2.29. The van der Waals surface area contributed by atoms with Crippen LogP contribution in [0.5, 0.6) is 0 Å². The van der Waals surface area contributed by atoms with Crippen LogP contribution in [0.15, 0.2) is 24.3 Å². The molecule has 0 saturated carbocycles. The van der Waals surface area contributed by atoms with Crippen LogP contribution in [0.4, 0.5) is 0 Å². The fraction of sp³-hybridized carbons (Fsp3) is 0.375. The first-order chi connectivity index (χ1) is 4.97. The Morgan fingerprint density at radius 3 is 3.40 bits per heavy atom. The molecular weight excluding hydrogens is 124 g/mol. The Kier molecular flexibility index (Phi) is 1.57. The largest absolute Gasteiger partial charge is 0.250 e. The van der Waals surface area contributed by atoms with Gasteiger partial charge in [0.1, 0.15) is 0 Å². The Bertz CT molecular complexity index is 172. The Labute approximate surface area is 61.0 Å². The van der Waals surface area contributed by atoms with E-state index in [1.807, 2.05) is 0 Å². The summed E-state index contributed by atoms with van der Waals surface area (Å²) in [6.07, 6.45) is 9.57. The van der Waals surface area contributed by atoms with Crippen molar-refractivity contribution in [3.8, 4) is 0 Å². The molecule has 1 aliphatic carbocycles. The summed E-state index contributed by atoms with van der Waals surface area (Å²) < 4.78 is 0. The SMILES string of the molecule is [C]1NNC2C=CC=CCC12. The molecule has 1 aliphatic heterocycles. The van der Waals surface area contributed by atoms with Crippen LogP contribution in [0.2, 0.25) is 0 Å². The molecule has 0 bridgehead atoms. The van der Waals surface area contributed by atoms with E-state index >= 15 is 0 Å². The van der Waals surface area contributed by atoms with E-state index in [1.165, 1.54) is 0 Å². The summed E-state index contributed by atoms with van der Waals surface area (Å²) in [7, 11) is 0. The Balaban J connectivity index is 2.12. The molecule has 1 saturated heterocycles. The molecule has 1 fully saturated rings. The van der Waals surface area contributed by atoms with Gasteiger partial charge < -0.3 is 0 Å². The van der Waals surface area contributed by atoms with E-state index in [9.17, 15) is 0 Å². The quantitative estimate of drug-likeness (QED) is 0.508. The van der Waals surface area contributed by atoms with Crippen molar-refractivity contribution in [3.63, 3.8) is 0 Å². The van der Waals surface area contributed by atoms with Crippen LogP contribution < -0.4 is 10.9 Å². The second-order valence-electron chi connectivity index (χ2n) is 2.59. The van der Waals surface area contributed by atoms with Gasteiger partial charge >= 0.3 is 0 Å². The van der Waals surface area contributed by atoms with Crippen LogP contribution in [0.3, 0.4) is 0 Å². The predicted molar refractivity (Wildman–Crippen MR) is 39.7 cm³/mol. The van der Waals surface area contributed by atoms with Crippen LogP contribution in [-0.4, -0.2) is 6.04 Å². The van der Waals surface area contributed by atoms with Gasteiger partial charge in [-0.25, -0.2) is 10.9 Å². The second-order valence-corrected chi connectivity index (χ2v) is 2.59. The minimum absolute atomic E-state index is 0.440. The fourth-order valence-corrected chi connectivity index (χ4v) is 1.28. The molecule has 52 valence electrons. The van der Waals surface area contributed by atoms with Crippen LogP contribution >= 0.6 is 0 Å². The maximum atomic E-state index is 3.13. The molecule has 2 heteroatoms. The third kappa shape index (κ3) is 1.00. The average Bonchev–Trinajstić information content (AvgIpc) is 2.28. The molecule has 2 rings (SSSR count). The molecular formula is C8H10N2. The monoisotopic (exact) mass is 134 g/mol. The molecule has 1 heterocycles. The Morgan fingerprint density at radius 1 is 1.40 bits per heavy atom. The highest BCUT2D eigenvalue weighted by Gasteiger charge is 2.24. The van der Waals surface area contributed by atoms with Gasteiger partial charge in [0, 0.05) is 12.0 Å². The summed E-state index contributed by atoms with van der Waals surface area (Å²) in [5, 5.41) is 0. The molecule has 2 unspecified atom stereocenters. The van der Waals surface area contributed by atoms with Gasteiger partial charge in [-0.2, -0.15) is 0 Å². The normalized spacial score (nSPS) is 37.6. The van der Waals surface area contributed by atoms with E-state index in [0.29, 0.717) is 12.0 Å². The van der Waals surface area contributed by atoms with Crippen LogP contribution in [0.1, 0.15) is 6.42 Å². The summed E-state index contributed by atoms with van der Waals surface area (Å²) in [4.78, 5) is 0. The summed E-state index contributed by atoms with van der Waals surface area (Å²) in [6, 6.07) is 0.440. The van der Waals surface area contributed by atoms with Crippen molar-refractivity contribution in [1.82, 2.24) is 10.9 Å². The van der Waals surface area contributed by atoms with E-state index in [0.717, 1.165) is 6.42 Å². The molecule has 0 aromatic heterocycles. The molecule has 10 heavy (non-hydrogen) atoms. The number of hydrazine groups is 1. The molecule has 2 atom stereocenters. The number of allylic oxidation sites excluding steroid dienone is 3. The van der Waals surface area contributed by atoms with Crippen molar-refractivity contribution in [2.75, 3.05) is 0 Å². The van der Waals surface area contributed by atoms with Crippen molar-refractivity contribution < 1.29 is 0 Å². The maximum absolute atomic E-state index is 3.13. The zero-order chi connectivity index (χ0) is 6.81. The van der Waals surface area contributed by atoms with E-state index < -0.39 is 0 Å². The van der Waals surface area contributed by atoms with E-state index in [-0.39, 0.29) is 0 Å². The molecule has 0 aromatic rings. The first kappa shape index (κ1) is 6.13. The zero-order valence-electron chi connectivity index (χ0n) is 5.67. The number of fused-ring (bicyclic) bond motifs is 1. The van der Waals surface area contributed by atoms with E-state index in [2.05, 4.69) is 41.7 Å². The van der Waals surface area contributed by atoms with Gasteiger partial charge in [0.25, 0.3) is 0 Å². The smallest absolute Gasteiger partial charge is 0.0807 e. The molecule has 0 amide bonds. The predicted octanol–water partition coefficient (Wildman–Crippen LogP) is 0.634. The highest BCUT2D eigenvalue weighted by atomic mass is 15.4. The Hall–Kier alpha value is -0.600. The van der Waals surface area contributed by atoms with Gasteiger partial charge in [0.15, 0.2) is 0 Å². The first-order valence-corrected chi connectivity index (χ1v) is 3.56. The third-order valence-corrected chi connectivity index (χ3v) is 1.89. The molecule has 2 N–H and O–H groups in total. The van der Waals surface area contributed by atoms with Gasteiger partial charge in [-0.05, 0) is 6.42 Å². The lowest BCUT2D eigenvalue weighted by Gasteiger charge is -2.08. The van der Waals surface area contributed by atoms with Crippen LogP contribution in [0.25, 0.3) is 0 Å². The second kappa shape index (κ2) is 2.56. The van der Waals surface area contributed by atoms with Gasteiger partial charge in [0.2, 0.25) is 0 Å². The third-order valence-electron chi connectivity index (χ3n) is 1.89. The van der Waals surface area contributed by atoms with E-state index in [1.54, 1.807) is 0 Å². The average molecular weight is 134 g/mol. The summed E-state index contributed by atoms with van der Waals surface area (Å²) in [5.41, 5.74) is 6.02. The van der Waals surface area contributed by atoms with Gasteiger partial charge in [-0.15, -0.1) is 0 Å². The van der Waals surface area contributed by atoms with Crippen LogP contribution in [-0.2, 0) is 0 Å². The Morgan fingerprint density at radius 2 is 2.40 bits per heavy atom. The van der Waals surface area contributed by atoms with Gasteiger partial charge in [-0.1, -0.05) is 24.3 Å². The number of nitrogens with one attached hydrogen (secondary N) is 2. The summed E-state index contributed by atoms with van der Waals surface area (Å²) in [6.45, 7) is 3.13. The van der Waals surface area contributed by atoms with Gasteiger partial charge in [0.05, 0.1) is 6.54 Å². The minimum Gasteiger partial charge on any atom is -0.250 e. The lowest BCUT2D eigenvalue weighted by atomic mass is 10.00.